The van der Waals surface area contributed by atoms with E-state index in [0.717, 1.165) is 32.1 Å². The summed E-state index contributed by atoms with van der Waals surface area (Å²) in [5, 5.41) is 0. The van der Waals surface area contributed by atoms with E-state index in [0.29, 0.717) is 6.04 Å². The Balaban J connectivity index is 0.00000128. The van der Waals surface area contributed by atoms with Gasteiger partial charge < -0.3 is 15.4 Å². The zero-order chi connectivity index (χ0) is 10.9. The van der Waals surface area contributed by atoms with E-state index in [4.69, 9.17) is 10.5 Å². The van der Waals surface area contributed by atoms with E-state index in [-0.39, 0.29) is 17.8 Å². The van der Waals surface area contributed by atoms with Crippen molar-refractivity contribution in [3.8, 4) is 0 Å². The van der Waals surface area contributed by atoms with Crippen LogP contribution in [0.1, 0.15) is 26.7 Å². The van der Waals surface area contributed by atoms with E-state index in [1.165, 1.54) is 19.5 Å². The molecule has 0 amide bonds. The molecular weight excluding hydrogens is 224 g/mol. The van der Waals surface area contributed by atoms with Gasteiger partial charge in [0, 0.05) is 25.7 Å². The van der Waals surface area contributed by atoms with Gasteiger partial charge in [-0.05, 0) is 30.7 Å². The van der Waals surface area contributed by atoms with E-state index >= 15 is 0 Å². The minimum atomic E-state index is 0. The molecule has 4 heteroatoms. The molecule has 2 fully saturated rings. The van der Waals surface area contributed by atoms with Gasteiger partial charge in [0.1, 0.15) is 0 Å². The summed E-state index contributed by atoms with van der Waals surface area (Å²) in [6.45, 7) is 10.0. The van der Waals surface area contributed by atoms with E-state index < -0.39 is 0 Å². The van der Waals surface area contributed by atoms with E-state index in [2.05, 4.69) is 18.7 Å². The Kier molecular flexibility index (Phi) is 5.05. The normalized spacial score (nSPS) is 34.7. The molecular formula is C12H25ClN2O. The Morgan fingerprint density at radius 1 is 1.38 bits per heavy atom. The fraction of sp³-hybridized carbons (Fsp3) is 1.00. The summed E-state index contributed by atoms with van der Waals surface area (Å²) in [7, 11) is 0. The predicted molar refractivity (Wildman–Crippen MR) is 69.0 cm³/mol. The van der Waals surface area contributed by atoms with Gasteiger partial charge in [-0.3, -0.25) is 0 Å². The average molecular weight is 249 g/mol. The first kappa shape index (κ1) is 14.2. The highest BCUT2D eigenvalue weighted by Crippen LogP contribution is 2.28. The van der Waals surface area contributed by atoms with Crippen LogP contribution in [0.15, 0.2) is 0 Å². The second-order valence-electron chi connectivity index (χ2n) is 5.85. The summed E-state index contributed by atoms with van der Waals surface area (Å²) in [5.41, 5.74) is 6.41. The molecule has 0 spiro atoms. The van der Waals surface area contributed by atoms with Crippen molar-refractivity contribution in [1.29, 1.82) is 0 Å². The molecule has 0 bridgehead atoms. The number of piperidine rings is 1. The van der Waals surface area contributed by atoms with Crippen molar-refractivity contribution in [2.45, 2.75) is 32.7 Å². The summed E-state index contributed by atoms with van der Waals surface area (Å²) < 4.78 is 5.42. The lowest BCUT2D eigenvalue weighted by atomic mass is 9.79. The largest absolute Gasteiger partial charge is 0.381 e. The van der Waals surface area contributed by atoms with Gasteiger partial charge in [-0.25, -0.2) is 0 Å². The summed E-state index contributed by atoms with van der Waals surface area (Å²) in [4.78, 5) is 2.57. The molecule has 2 N–H and O–H groups in total. The molecule has 2 rings (SSSR count). The Morgan fingerprint density at radius 3 is 2.69 bits per heavy atom. The fourth-order valence-electron chi connectivity index (χ4n) is 2.73. The van der Waals surface area contributed by atoms with Gasteiger partial charge >= 0.3 is 0 Å². The van der Waals surface area contributed by atoms with Crippen molar-refractivity contribution < 1.29 is 4.74 Å². The first-order valence-corrected chi connectivity index (χ1v) is 6.13. The fourth-order valence-corrected chi connectivity index (χ4v) is 2.73. The molecule has 0 aliphatic carbocycles. The van der Waals surface area contributed by atoms with Crippen molar-refractivity contribution in [3.05, 3.63) is 0 Å². The molecule has 2 aliphatic heterocycles. The molecule has 2 aliphatic rings. The number of nitrogens with two attached hydrogens (primary N) is 1. The number of ether oxygens (including phenoxy) is 1. The molecule has 2 unspecified atom stereocenters. The minimum Gasteiger partial charge on any atom is -0.381 e. The third-order valence-corrected chi connectivity index (χ3v) is 3.93. The quantitative estimate of drug-likeness (QED) is 0.805. The topological polar surface area (TPSA) is 38.5 Å². The standard InChI is InChI=1S/C12H24N2O.ClH/c1-12(2)9-14(5-3-11(12)13)7-10-4-6-15-8-10;/h10-11H,3-9,13H2,1-2H3;1H. The highest BCUT2D eigenvalue weighted by molar-refractivity contribution is 5.85. The SMILES string of the molecule is CC1(C)CN(CC2CCOC2)CCC1N.Cl. The Hall–Kier alpha value is 0.170. The second kappa shape index (κ2) is 5.67. The Bertz CT molecular complexity index is 217. The second-order valence-corrected chi connectivity index (χ2v) is 5.85. The van der Waals surface area contributed by atoms with Crippen LogP contribution < -0.4 is 5.73 Å². The minimum absolute atomic E-state index is 0. The van der Waals surface area contributed by atoms with Crippen LogP contribution in [0, 0.1) is 11.3 Å². The lowest BCUT2D eigenvalue weighted by Gasteiger charge is -2.43. The van der Waals surface area contributed by atoms with Gasteiger partial charge in [0.25, 0.3) is 0 Å². The molecule has 2 saturated heterocycles. The van der Waals surface area contributed by atoms with Gasteiger partial charge in [-0.1, -0.05) is 13.8 Å². The van der Waals surface area contributed by atoms with Crippen molar-refractivity contribution in [2.24, 2.45) is 17.1 Å². The van der Waals surface area contributed by atoms with Crippen LogP contribution in [0.3, 0.4) is 0 Å². The summed E-state index contributed by atoms with van der Waals surface area (Å²) in [5.74, 6) is 0.759. The van der Waals surface area contributed by atoms with Crippen LogP contribution in [0.25, 0.3) is 0 Å². The molecule has 96 valence electrons. The Morgan fingerprint density at radius 2 is 2.12 bits per heavy atom. The number of likely N-dealkylation sites (tertiary alicyclic amines) is 1. The number of hydrogen-bond donors (Lipinski definition) is 1. The van der Waals surface area contributed by atoms with Crippen molar-refractivity contribution in [2.75, 3.05) is 32.8 Å². The molecule has 2 atom stereocenters. The molecule has 2 heterocycles. The molecule has 0 radical (unpaired) electrons. The van der Waals surface area contributed by atoms with Crippen LogP contribution in [0.5, 0.6) is 0 Å². The maximum atomic E-state index is 6.13. The maximum Gasteiger partial charge on any atom is 0.0507 e. The van der Waals surface area contributed by atoms with Gasteiger partial charge in [0.15, 0.2) is 0 Å². The number of halogens is 1. The first-order valence-electron chi connectivity index (χ1n) is 6.13. The van der Waals surface area contributed by atoms with Crippen molar-refractivity contribution in [1.82, 2.24) is 4.90 Å². The number of hydrogen-bond acceptors (Lipinski definition) is 3. The number of rotatable bonds is 2. The lowest BCUT2D eigenvalue weighted by Crippen LogP contribution is -2.53. The molecule has 16 heavy (non-hydrogen) atoms. The molecule has 0 aromatic heterocycles. The summed E-state index contributed by atoms with van der Waals surface area (Å²) >= 11 is 0. The molecule has 3 nitrogen and oxygen atoms in total. The maximum absolute atomic E-state index is 6.13. The highest BCUT2D eigenvalue weighted by atomic mass is 35.5. The van der Waals surface area contributed by atoms with Gasteiger partial charge in [-0.2, -0.15) is 0 Å². The first-order chi connectivity index (χ1) is 7.08. The number of nitrogens with zero attached hydrogens (tertiary/aromatic N) is 1. The third-order valence-electron chi connectivity index (χ3n) is 3.93. The average Bonchev–Trinajstić information content (AvgIpc) is 2.63. The van der Waals surface area contributed by atoms with Crippen LogP contribution in [-0.4, -0.2) is 43.8 Å². The highest BCUT2D eigenvalue weighted by Gasteiger charge is 2.34. The van der Waals surface area contributed by atoms with E-state index in [1.54, 1.807) is 0 Å². The summed E-state index contributed by atoms with van der Waals surface area (Å²) in [6.07, 6.45) is 2.38. The molecule has 0 aromatic carbocycles. The smallest absolute Gasteiger partial charge is 0.0507 e. The monoisotopic (exact) mass is 248 g/mol. The predicted octanol–water partition coefficient (Wildman–Crippen LogP) is 1.50. The zero-order valence-corrected chi connectivity index (χ0v) is 11.3. The van der Waals surface area contributed by atoms with Gasteiger partial charge in [-0.15, -0.1) is 12.4 Å². The van der Waals surface area contributed by atoms with Crippen molar-refractivity contribution >= 4 is 12.4 Å². The van der Waals surface area contributed by atoms with Crippen LogP contribution in [0.2, 0.25) is 0 Å². The summed E-state index contributed by atoms with van der Waals surface area (Å²) in [6, 6.07) is 0.369. The Labute approximate surface area is 105 Å². The molecule has 0 aromatic rings. The van der Waals surface area contributed by atoms with Gasteiger partial charge in [0.05, 0.1) is 6.61 Å². The van der Waals surface area contributed by atoms with E-state index in [9.17, 15) is 0 Å². The molecule has 0 saturated carbocycles. The van der Waals surface area contributed by atoms with Gasteiger partial charge in [0.2, 0.25) is 0 Å². The van der Waals surface area contributed by atoms with Crippen LogP contribution in [-0.2, 0) is 4.74 Å². The van der Waals surface area contributed by atoms with Crippen LogP contribution >= 0.6 is 12.4 Å². The van der Waals surface area contributed by atoms with Crippen molar-refractivity contribution in [3.63, 3.8) is 0 Å². The lowest BCUT2D eigenvalue weighted by molar-refractivity contribution is 0.0785. The third kappa shape index (κ3) is 3.33. The van der Waals surface area contributed by atoms with E-state index in [1.807, 2.05) is 0 Å². The zero-order valence-electron chi connectivity index (χ0n) is 10.4. The van der Waals surface area contributed by atoms with Crippen LogP contribution in [0.4, 0.5) is 0 Å².